The van der Waals surface area contributed by atoms with Gasteiger partial charge in [-0.1, -0.05) is 24.3 Å². The van der Waals surface area contributed by atoms with E-state index in [1.54, 1.807) is 60.5 Å². The first kappa shape index (κ1) is 24.8. The van der Waals surface area contributed by atoms with Gasteiger partial charge in [0.25, 0.3) is 11.8 Å². The van der Waals surface area contributed by atoms with Crippen LogP contribution in [0.5, 0.6) is 11.5 Å². The van der Waals surface area contributed by atoms with Crippen LogP contribution in [0.4, 0.5) is 11.4 Å². The number of piperidine rings is 1. The zero-order chi connectivity index (χ0) is 25.3. The Morgan fingerprint density at radius 3 is 2.22 bits per heavy atom. The number of benzene rings is 3. The number of hydrogen-bond donors (Lipinski definition) is 2. The number of ether oxygens (including phenoxy) is 2. The molecule has 0 atom stereocenters. The number of rotatable bonds is 8. The van der Waals surface area contributed by atoms with Gasteiger partial charge in [0.1, 0.15) is 11.5 Å². The minimum atomic E-state index is -0.303. The van der Waals surface area contributed by atoms with Crippen LogP contribution in [0.15, 0.2) is 78.9 Å². The monoisotopic (exact) mass is 487 g/mol. The third-order valence-electron chi connectivity index (χ3n) is 6.02. The first-order valence-corrected chi connectivity index (χ1v) is 11.8. The molecule has 4 rings (SSSR count). The lowest BCUT2D eigenvalue weighted by atomic mass is 9.95. The number of para-hydroxylation sites is 1. The number of likely N-dealkylation sites (tertiary alicyclic amines) is 1. The topological polar surface area (TPSA) is 97.0 Å². The lowest BCUT2D eigenvalue weighted by molar-refractivity contribution is -0.121. The molecule has 0 aromatic heterocycles. The molecule has 3 aromatic carbocycles. The van der Waals surface area contributed by atoms with E-state index in [0.717, 1.165) is 5.69 Å². The van der Waals surface area contributed by atoms with Crippen LogP contribution in [0.1, 0.15) is 23.2 Å². The van der Waals surface area contributed by atoms with Crippen LogP contribution in [0.25, 0.3) is 0 Å². The summed E-state index contributed by atoms with van der Waals surface area (Å²) in [6.45, 7) is 0.881. The molecule has 1 saturated heterocycles. The lowest BCUT2D eigenvalue weighted by Crippen LogP contribution is -2.41. The fourth-order valence-corrected chi connectivity index (χ4v) is 4.03. The Kier molecular flexibility index (Phi) is 8.18. The van der Waals surface area contributed by atoms with Gasteiger partial charge >= 0.3 is 0 Å². The lowest BCUT2D eigenvalue weighted by Gasteiger charge is -2.31. The third-order valence-corrected chi connectivity index (χ3v) is 6.02. The zero-order valence-electron chi connectivity index (χ0n) is 20.1. The molecule has 0 spiro atoms. The van der Waals surface area contributed by atoms with Crippen molar-refractivity contribution in [2.24, 2.45) is 5.92 Å². The van der Waals surface area contributed by atoms with Crippen LogP contribution in [-0.2, 0) is 9.59 Å². The Labute approximate surface area is 210 Å². The van der Waals surface area contributed by atoms with E-state index in [1.807, 2.05) is 30.3 Å². The van der Waals surface area contributed by atoms with Crippen molar-refractivity contribution in [2.45, 2.75) is 12.8 Å². The molecule has 36 heavy (non-hydrogen) atoms. The average molecular weight is 488 g/mol. The van der Waals surface area contributed by atoms with Crippen molar-refractivity contribution < 1.29 is 23.9 Å². The molecule has 0 aliphatic carbocycles. The highest BCUT2D eigenvalue weighted by Gasteiger charge is 2.28. The molecular weight excluding hydrogens is 458 g/mol. The van der Waals surface area contributed by atoms with Crippen molar-refractivity contribution in [1.29, 1.82) is 0 Å². The van der Waals surface area contributed by atoms with Gasteiger partial charge < -0.3 is 25.0 Å². The van der Waals surface area contributed by atoms with E-state index in [-0.39, 0.29) is 30.2 Å². The number of methoxy groups -OCH3 is 1. The Balaban J connectivity index is 1.22. The summed E-state index contributed by atoms with van der Waals surface area (Å²) in [5, 5.41) is 5.69. The van der Waals surface area contributed by atoms with Crippen LogP contribution in [-0.4, -0.2) is 49.4 Å². The second kappa shape index (κ2) is 11.9. The normalized spacial score (nSPS) is 13.5. The predicted molar refractivity (Wildman–Crippen MR) is 137 cm³/mol. The zero-order valence-corrected chi connectivity index (χ0v) is 20.1. The summed E-state index contributed by atoms with van der Waals surface area (Å²) in [5.41, 5.74) is 1.93. The molecule has 0 radical (unpaired) electrons. The molecule has 0 bridgehead atoms. The molecule has 3 amide bonds. The number of amides is 3. The van der Waals surface area contributed by atoms with Gasteiger partial charge in [-0.15, -0.1) is 0 Å². The third kappa shape index (κ3) is 6.63. The van der Waals surface area contributed by atoms with Crippen LogP contribution >= 0.6 is 0 Å². The van der Waals surface area contributed by atoms with Gasteiger partial charge in [0.2, 0.25) is 5.91 Å². The molecule has 1 aliphatic rings. The molecule has 186 valence electrons. The number of nitrogens with one attached hydrogen (secondary N) is 2. The Morgan fingerprint density at radius 1 is 0.833 bits per heavy atom. The SMILES string of the molecule is COc1cccc(NC(=O)COc2ccc(C(=O)N3CCC(C(=O)Nc4ccccc4)CC3)cc2)c1. The summed E-state index contributed by atoms with van der Waals surface area (Å²) in [5.74, 6) is 0.623. The van der Waals surface area contributed by atoms with Gasteiger partial charge in [-0.25, -0.2) is 0 Å². The maximum atomic E-state index is 12.9. The molecule has 8 heteroatoms. The van der Waals surface area contributed by atoms with E-state index in [9.17, 15) is 14.4 Å². The van der Waals surface area contributed by atoms with Crippen molar-refractivity contribution in [3.8, 4) is 11.5 Å². The van der Waals surface area contributed by atoms with Crippen LogP contribution in [0.2, 0.25) is 0 Å². The summed E-state index contributed by atoms with van der Waals surface area (Å²) in [4.78, 5) is 39.4. The maximum Gasteiger partial charge on any atom is 0.262 e. The molecule has 0 saturated carbocycles. The van der Waals surface area contributed by atoms with E-state index in [1.165, 1.54) is 0 Å². The maximum absolute atomic E-state index is 12.9. The molecular formula is C28H29N3O5. The van der Waals surface area contributed by atoms with Crippen molar-refractivity contribution in [1.82, 2.24) is 4.90 Å². The quantitative estimate of drug-likeness (QED) is 0.496. The highest BCUT2D eigenvalue weighted by molar-refractivity contribution is 5.95. The number of hydrogen-bond acceptors (Lipinski definition) is 5. The summed E-state index contributed by atoms with van der Waals surface area (Å²) in [6.07, 6.45) is 1.24. The molecule has 0 unspecified atom stereocenters. The van der Waals surface area contributed by atoms with Gasteiger partial charge in [0.05, 0.1) is 7.11 Å². The average Bonchev–Trinajstić information content (AvgIpc) is 2.92. The summed E-state index contributed by atoms with van der Waals surface area (Å²) < 4.78 is 10.7. The van der Waals surface area contributed by atoms with Crippen LogP contribution < -0.4 is 20.1 Å². The van der Waals surface area contributed by atoms with Gasteiger partial charge in [-0.3, -0.25) is 14.4 Å². The van der Waals surface area contributed by atoms with Gasteiger partial charge in [0, 0.05) is 42.0 Å². The van der Waals surface area contributed by atoms with Gasteiger partial charge in [-0.2, -0.15) is 0 Å². The Bertz CT molecular complexity index is 1190. The summed E-state index contributed by atoms with van der Waals surface area (Å²) in [7, 11) is 1.56. The van der Waals surface area contributed by atoms with Crippen molar-refractivity contribution >= 4 is 29.1 Å². The summed E-state index contributed by atoms with van der Waals surface area (Å²) >= 11 is 0. The standard InChI is InChI=1S/C28H29N3O5/c1-35-25-9-5-8-23(18-25)29-26(32)19-36-24-12-10-21(11-13-24)28(34)31-16-14-20(15-17-31)27(33)30-22-6-3-2-4-7-22/h2-13,18,20H,14-17,19H2,1H3,(H,29,32)(H,30,33). The largest absolute Gasteiger partial charge is 0.497 e. The van der Waals surface area contributed by atoms with E-state index < -0.39 is 0 Å². The van der Waals surface area contributed by atoms with Crippen molar-refractivity contribution in [2.75, 3.05) is 37.4 Å². The van der Waals surface area contributed by atoms with E-state index in [2.05, 4.69) is 10.6 Å². The van der Waals surface area contributed by atoms with Crippen molar-refractivity contribution in [3.05, 3.63) is 84.4 Å². The molecule has 1 aliphatic heterocycles. The number of anilines is 2. The second-order valence-electron chi connectivity index (χ2n) is 8.51. The van der Waals surface area contributed by atoms with Crippen LogP contribution in [0.3, 0.4) is 0 Å². The highest BCUT2D eigenvalue weighted by atomic mass is 16.5. The van der Waals surface area contributed by atoms with E-state index in [4.69, 9.17) is 9.47 Å². The summed E-state index contributed by atoms with van der Waals surface area (Å²) in [6, 6.07) is 23.2. The molecule has 8 nitrogen and oxygen atoms in total. The van der Waals surface area contributed by atoms with E-state index in [0.29, 0.717) is 48.7 Å². The minimum absolute atomic E-state index is 0.00904. The molecule has 2 N–H and O–H groups in total. The van der Waals surface area contributed by atoms with Gasteiger partial charge in [0.15, 0.2) is 6.61 Å². The van der Waals surface area contributed by atoms with E-state index >= 15 is 0 Å². The number of carbonyl (C=O) groups excluding carboxylic acids is 3. The predicted octanol–water partition coefficient (Wildman–Crippen LogP) is 4.20. The fourth-order valence-electron chi connectivity index (χ4n) is 4.03. The number of carbonyl (C=O) groups is 3. The second-order valence-corrected chi connectivity index (χ2v) is 8.51. The van der Waals surface area contributed by atoms with Crippen molar-refractivity contribution in [3.63, 3.8) is 0 Å². The fraction of sp³-hybridized carbons (Fsp3) is 0.250. The first-order valence-electron chi connectivity index (χ1n) is 11.8. The van der Waals surface area contributed by atoms with Crippen LogP contribution in [0, 0.1) is 5.92 Å². The minimum Gasteiger partial charge on any atom is -0.497 e. The Morgan fingerprint density at radius 2 is 1.53 bits per heavy atom. The smallest absolute Gasteiger partial charge is 0.262 e. The molecule has 1 fully saturated rings. The highest BCUT2D eigenvalue weighted by Crippen LogP contribution is 2.22. The molecule has 1 heterocycles. The number of nitrogens with zero attached hydrogens (tertiary/aromatic N) is 1. The first-order chi connectivity index (χ1) is 17.5. The van der Waals surface area contributed by atoms with Gasteiger partial charge in [-0.05, 0) is 61.4 Å². The Hall–Kier alpha value is -4.33. The molecule has 3 aromatic rings.